The number of hydrogen-bond donors (Lipinski definition) is 0. The minimum absolute atomic E-state index is 0.110. The van der Waals surface area contributed by atoms with Gasteiger partial charge in [0.2, 0.25) is 15.8 Å². The van der Waals surface area contributed by atoms with Crippen molar-refractivity contribution in [2.45, 2.75) is 25.4 Å². The summed E-state index contributed by atoms with van der Waals surface area (Å²) in [5.74, 6) is 1.55. The number of hydrogen-bond acceptors (Lipinski definition) is 5. The Balaban J connectivity index is 2.35. The molecule has 0 atom stereocenters. The molecule has 0 bridgehead atoms. The maximum Gasteiger partial charge on any atom is 0.211 e. The first-order valence-electron chi connectivity index (χ1n) is 6.66. The van der Waals surface area contributed by atoms with Gasteiger partial charge in [0.05, 0.1) is 27.6 Å². The van der Waals surface area contributed by atoms with Crippen molar-refractivity contribution in [2.24, 2.45) is 0 Å². The van der Waals surface area contributed by atoms with Crippen LogP contribution in [0.2, 0.25) is 0 Å². The number of benzene rings is 1. The van der Waals surface area contributed by atoms with E-state index in [1.54, 1.807) is 12.1 Å². The van der Waals surface area contributed by atoms with Gasteiger partial charge in [0.25, 0.3) is 0 Å². The van der Waals surface area contributed by atoms with Crippen LogP contribution < -0.4 is 14.2 Å². The Labute approximate surface area is 125 Å². The van der Waals surface area contributed by atoms with Gasteiger partial charge in [-0.2, -0.15) is 4.31 Å². The van der Waals surface area contributed by atoms with E-state index in [1.807, 2.05) is 0 Å². The molecule has 0 aromatic heterocycles. The van der Waals surface area contributed by atoms with Crippen molar-refractivity contribution >= 4 is 10.0 Å². The topological polar surface area (TPSA) is 65.1 Å². The van der Waals surface area contributed by atoms with E-state index >= 15 is 0 Å². The summed E-state index contributed by atoms with van der Waals surface area (Å²) in [5.41, 5.74) is 0.807. The Morgan fingerprint density at radius 1 is 1.10 bits per heavy atom. The van der Waals surface area contributed by atoms with Gasteiger partial charge < -0.3 is 14.2 Å². The normalized spacial score (nSPS) is 15.1. The molecule has 0 spiro atoms. The maximum atomic E-state index is 11.9. The van der Waals surface area contributed by atoms with Gasteiger partial charge in [-0.1, -0.05) is 0 Å². The fraction of sp³-hybridized carbons (Fsp3) is 0.571. The van der Waals surface area contributed by atoms with Gasteiger partial charge in [0, 0.05) is 12.6 Å². The Hall–Kier alpha value is -1.47. The quantitative estimate of drug-likeness (QED) is 0.765. The summed E-state index contributed by atoms with van der Waals surface area (Å²) in [4.78, 5) is 0. The van der Waals surface area contributed by atoms with Crippen molar-refractivity contribution in [1.29, 1.82) is 0 Å². The lowest BCUT2D eigenvalue weighted by atomic mass is 10.1. The number of ether oxygens (including phenoxy) is 3. The summed E-state index contributed by atoms with van der Waals surface area (Å²) < 4.78 is 41.1. The van der Waals surface area contributed by atoms with Gasteiger partial charge in [-0.05, 0) is 30.5 Å². The van der Waals surface area contributed by atoms with Crippen LogP contribution in [0.15, 0.2) is 12.1 Å². The lowest BCUT2D eigenvalue weighted by molar-refractivity contribution is 0.322. The van der Waals surface area contributed by atoms with Crippen LogP contribution in [0.1, 0.15) is 18.4 Å². The van der Waals surface area contributed by atoms with Gasteiger partial charge in [0.1, 0.15) is 0 Å². The Morgan fingerprint density at radius 2 is 1.62 bits per heavy atom. The molecule has 1 aromatic rings. The molecule has 0 amide bonds. The van der Waals surface area contributed by atoms with Crippen molar-refractivity contribution in [2.75, 3.05) is 27.6 Å². The van der Waals surface area contributed by atoms with Gasteiger partial charge in [0.15, 0.2) is 11.5 Å². The molecule has 1 aliphatic carbocycles. The lowest BCUT2D eigenvalue weighted by Crippen LogP contribution is -2.31. The van der Waals surface area contributed by atoms with E-state index in [1.165, 1.54) is 31.9 Å². The van der Waals surface area contributed by atoms with Crippen LogP contribution in [0.5, 0.6) is 17.2 Å². The molecule has 0 aliphatic heterocycles. The van der Waals surface area contributed by atoms with Crippen LogP contribution in [0, 0.1) is 0 Å². The van der Waals surface area contributed by atoms with Gasteiger partial charge in [-0.3, -0.25) is 0 Å². The molecule has 1 aromatic carbocycles. The fourth-order valence-corrected chi connectivity index (χ4v) is 3.42. The summed E-state index contributed by atoms with van der Waals surface area (Å²) in [7, 11) is 1.38. The highest BCUT2D eigenvalue weighted by molar-refractivity contribution is 7.88. The molecule has 1 saturated carbocycles. The van der Waals surface area contributed by atoms with E-state index in [-0.39, 0.29) is 6.04 Å². The largest absolute Gasteiger partial charge is 0.493 e. The van der Waals surface area contributed by atoms with Crippen molar-refractivity contribution in [3.63, 3.8) is 0 Å². The molecule has 0 N–H and O–H groups in total. The zero-order valence-corrected chi connectivity index (χ0v) is 13.6. The Kier molecular flexibility index (Phi) is 4.63. The molecule has 0 saturated heterocycles. The van der Waals surface area contributed by atoms with E-state index < -0.39 is 10.0 Å². The zero-order valence-electron chi connectivity index (χ0n) is 12.8. The van der Waals surface area contributed by atoms with Gasteiger partial charge in [-0.15, -0.1) is 0 Å². The molecule has 1 aliphatic rings. The molecular weight excluding hydrogens is 294 g/mol. The highest BCUT2D eigenvalue weighted by Gasteiger charge is 2.35. The monoisotopic (exact) mass is 315 g/mol. The zero-order chi connectivity index (χ0) is 15.6. The summed E-state index contributed by atoms with van der Waals surface area (Å²) >= 11 is 0. The third-order valence-corrected chi connectivity index (χ3v) is 4.72. The van der Waals surface area contributed by atoms with Crippen LogP contribution in [0.25, 0.3) is 0 Å². The third kappa shape index (κ3) is 3.59. The lowest BCUT2D eigenvalue weighted by Gasteiger charge is -2.21. The van der Waals surface area contributed by atoms with E-state index in [4.69, 9.17) is 14.2 Å². The van der Waals surface area contributed by atoms with E-state index in [0.717, 1.165) is 18.4 Å². The Bertz CT molecular complexity index is 585. The average molecular weight is 315 g/mol. The van der Waals surface area contributed by atoms with Crippen molar-refractivity contribution in [3.8, 4) is 17.2 Å². The highest BCUT2D eigenvalue weighted by Crippen LogP contribution is 2.39. The van der Waals surface area contributed by atoms with Crippen LogP contribution in [-0.4, -0.2) is 46.4 Å². The average Bonchev–Trinajstić information content (AvgIpc) is 3.26. The summed E-state index contributed by atoms with van der Waals surface area (Å²) in [6.45, 7) is 0.306. The van der Waals surface area contributed by atoms with Crippen LogP contribution in [0.3, 0.4) is 0 Å². The second kappa shape index (κ2) is 6.11. The summed E-state index contributed by atoms with van der Waals surface area (Å²) in [6, 6.07) is 3.67. The second-order valence-corrected chi connectivity index (χ2v) is 7.01. The number of nitrogens with zero attached hydrogens (tertiary/aromatic N) is 1. The molecule has 6 nitrogen and oxygen atoms in total. The minimum atomic E-state index is -3.23. The molecule has 21 heavy (non-hydrogen) atoms. The van der Waals surface area contributed by atoms with Crippen molar-refractivity contribution in [3.05, 3.63) is 17.7 Å². The predicted molar refractivity (Wildman–Crippen MR) is 79.5 cm³/mol. The SMILES string of the molecule is COc1cc(CN(C2CC2)S(C)(=O)=O)cc(OC)c1OC. The Morgan fingerprint density at radius 3 is 1.95 bits per heavy atom. The minimum Gasteiger partial charge on any atom is -0.493 e. The van der Waals surface area contributed by atoms with Crippen molar-refractivity contribution in [1.82, 2.24) is 4.31 Å². The first-order chi connectivity index (χ1) is 9.90. The molecule has 0 radical (unpaired) electrons. The molecular formula is C14H21NO5S. The second-order valence-electron chi connectivity index (χ2n) is 5.07. The molecule has 2 rings (SSSR count). The van der Waals surface area contributed by atoms with Crippen LogP contribution in [-0.2, 0) is 16.6 Å². The van der Waals surface area contributed by atoms with E-state index in [2.05, 4.69) is 0 Å². The first-order valence-corrected chi connectivity index (χ1v) is 8.51. The molecule has 0 unspecified atom stereocenters. The van der Waals surface area contributed by atoms with E-state index in [9.17, 15) is 8.42 Å². The predicted octanol–water partition coefficient (Wildman–Crippen LogP) is 1.64. The smallest absolute Gasteiger partial charge is 0.211 e. The number of methoxy groups -OCH3 is 3. The number of rotatable bonds is 7. The first kappa shape index (κ1) is 15.9. The van der Waals surface area contributed by atoms with Crippen LogP contribution in [0.4, 0.5) is 0 Å². The fourth-order valence-electron chi connectivity index (χ4n) is 2.29. The molecule has 1 fully saturated rings. The van der Waals surface area contributed by atoms with Gasteiger partial charge in [-0.25, -0.2) is 8.42 Å². The van der Waals surface area contributed by atoms with Crippen LogP contribution >= 0.6 is 0 Å². The van der Waals surface area contributed by atoms with Crippen molar-refractivity contribution < 1.29 is 22.6 Å². The number of sulfonamides is 1. The summed E-state index contributed by atoms with van der Waals surface area (Å²) in [6.07, 6.45) is 3.07. The van der Waals surface area contributed by atoms with Gasteiger partial charge >= 0.3 is 0 Å². The third-order valence-electron chi connectivity index (χ3n) is 3.44. The molecule has 0 heterocycles. The maximum absolute atomic E-state index is 11.9. The highest BCUT2D eigenvalue weighted by atomic mass is 32.2. The standard InChI is InChI=1S/C14H21NO5S/c1-18-12-7-10(8-13(19-2)14(12)20-3)9-15(11-5-6-11)21(4,16)17/h7-8,11H,5-6,9H2,1-4H3. The molecule has 118 valence electrons. The molecule has 7 heteroatoms. The summed E-state index contributed by atoms with van der Waals surface area (Å²) in [5, 5.41) is 0. The van der Waals surface area contributed by atoms with E-state index in [0.29, 0.717) is 23.8 Å².